The zero-order valence-electron chi connectivity index (χ0n) is 11.2. The molecule has 0 atom stereocenters. The second-order valence-electron chi connectivity index (χ2n) is 4.92. The van der Waals surface area contributed by atoms with Crippen LogP contribution in [0.25, 0.3) is 11.4 Å². The number of nitrogens with two attached hydrogens (primary N) is 1. The van der Waals surface area contributed by atoms with E-state index in [-0.39, 0.29) is 6.04 Å². The molecule has 20 heavy (non-hydrogen) atoms. The maximum Gasteiger partial charge on any atom is 0.182 e. The number of hydrogen-bond donors (Lipinski definition) is 1. The van der Waals surface area contributed by atoms with E-state index in [9.17, 15) is 0 Å². The molecule has 1 fully saturated rings. The van der Waals surface area contributed by atoms with Crippen LogP contribution in [0.3, 0.4) is 0 Å². The normalized spacial score (nSPS) is 21.7. The Balaban J connectivity index is 1.84. The molecule has 1 heterocycles. The Morgan fingerprint density at radius 3 is 2.90 bits per heavy atom. The van der Waals surface area contributed by atoms with Gasteiger partial charge in [0.15, 0.2) is 5.82 Å². The topological polar surface area (TPSA) is 78.8 Å². The van der Waals surface area contributed by atoms with E-state index in [1.165, 1.54) is 0 Å². The van der Waals surface area contributed by atoms with Gasteiger partial charge >= 0.3 is 0 Å². The SMILES string of the molecule is CCOC1CC(n2nnnc2-c2cc(N)cc(Cl)c2)C1. The third-order valence-electron chi connectivity index (χ3n) is 3.49. The highest BCUT2D eigenvalue weighted by Crippen LogP contribution is 2.36. The van der Waals surface area contributed by atoms with Crippen molar-refractivity contribution < 1.29 is 4.74 Å². The Kier molecular flexibility index (Phi) is 3.58. The molecule has 1 aliphatic rings. The van der Waals surface area contributed by atoms with E-state index in [4.69, 9.17) is 22.1 Å². The molecule has 0 aliphatic heterocycles. The highest BCUT2D eigenvalue weighted by atomic mass is 35.5. The van der Waals surface area contributed by atoms with E-state index in [0.29, 0.717) is 22.6 Å². The number of hydrogen-bond acceptors (Lipinski definition) is 5. The van der Waals surface area contributed by atoms with Crippen LogP contribution in [0.1, 0.15) is 25.8 Å². The van der Waals surface area contributed by atoms with Crippen LogP contribution >= 0.6 is 11.6 Å². The van der Waals surface area contributed by atoms with Gasteiger partial charge < -0.3 is 10.5 Å². The summed E-state index contributed by atoms with van der Waals surface area (Å²) in [7, 11) is 0. The summed E-state index contributed by atoms with van der Waals surface area (Å²) in [5.41, 5.74) is 7.25. The van der Waals surface area contributed by atoms with Crippen molar-refractivity contribution in [2.24, 2.45) is 0 Å². The molecule has 1 aromatic carbocycles. The first-order chi connectivity index (χ1) is 9.67. The number of halogens is 1. The van der Waals surface area contributed by atoms with E-state index in [0.717, 1.165) is 25.0 Å². The average molecular weight is 294 g/mol. The van der Waals surface area contributed by atoms with Crippen LogP contribution in [-0.2, 0) is 4.74 Å². The molecular formula is C13H16ClN5O. The number of aromatic nitrogens is 4. The molecule has 1 aromatic heterocycles. The molecule has 1 aliphatic carbocycles. The van der Waals surface area contributed by atoms with Gasteiger partial charge in [0.2, 0.25) is 0 Å². The summed E-state index contributed by atoms with van der Waals surface area (Å²) in [5.74, 6) is 0.694. The third kappa shape index (κ3) is 2.48. The monoisotopic (exact) mass is 293 g/mol. The smallest absolute Gasteiger partial charge is 0.182 e. The summed E-state index contributed by atoms with van der Waals surface area (Å²) in [5, 5.41) is 12.5. The van der Waals surface area contributed by atoms with E-state index >= 15 is 0 Å². The largest absolute Gasteiger partial charge is 0.399 e. The predicted octanol–water partition coefficient (Wildman–Crippen LogP) is 2.32. The predicted molar refractivity (Wildman–Crippen MR) is 76.4 cm³/mol. The number of ether oxygens (including phenoxy) is 1. The fourth-order valence-electron chi connectivity index (χ4n) is 2.48. The zero-order chi connectivity index (χ0) is 14.1. The van der Waals surface area contributed by atoms with Gasteiger partial charge in [0.1, 0.15) is 0 Å². The molecular weight excluding hydrogens is 278 g/mol. The van der Waals surface area contributed by atoms with E-state index in [2.05, 4.69) is 15.5 Å². The molecule has 7 heteroatoms. The molecule has 0 radical (unpaired) electrons. The third-order valence-corrected chi connectivity index (χ3v) is 3.71. The summed E-state index contributed by atoms with van der Waals surface area (Å²) in [4.78, 5) is 0. The van der Waals surface area contributed by atoms with Gasteiger partial charge in [-0.1, -0.05) is 11.6 Å². The summed E-state index contributed by atoms with van der Waals surface area (Å²) in [6, 6.07) is 5.62. The average Bonchev–Trinajstić information content (AvgIpc) is 2.80. The summed E-state index contributed by atoms with van der Waals surface area (Å²) in [6.07, 6.45) is 2.18. The van der Waals surface area contributed by atoms with Gasteiger partial charge in [-0.05, 0) is 48.4 Å². The van der Waals surface area contributed by atoms with Gasteiger partial charge in [-0.2, -0.15) is 0 Å². The minimum atomic E-state index is 0.275. The molecule has 0 bridgehead atoms. The Bertz CT molecular complexity index is 588. The number of nitrogens with zero attached hydrogens (tertiary/aromatic N) is 4. The van der Waals surface area contributed by atoms with Crippen molar-refractivity contribution >= 4 is 17.3 Å². The summed E-state index contributed by atoms with van der Waals surface area (Å²) in [6.45, 7) is 2.75. The lowest BCUT2D eigenvalue weighted by Gasteiger charge is -2.34. The Morgan fingerprint density at radius 2 is 2.20 bits per heavy atom. The van der Waals surface area contributed by atoms with Crippen molar-refractivity contribution in [3.05, 3.63) is 23.2 Å². The van der Waals surface area contributed by atoms with E-state index in [1.54, 1.807) is 6.07 Å². The molecule has 0 spiro atoms. The lowest BCUT2D eigenvalue weighted by Crippen LogP contribution is -2.34. The Hall–Kier alpha value is -1.66. The quantitative estimate of drug-likeness (QED) is 0.875. The van der Waals surface area contributed by atoms with Crippen LogP contribution in [0.5, 0.6) is 0 Å². The molecule has 0 amide bonds. The maximum atomic E-state index is 6.03. The van der Waals surface area contributed by atoms with Crippen molar-refractivity contribution in [1.82, 2.24) is 20.2 Å². The highest BCUT2D eigenvalue weighted by molar-refractivity contribution is 6.31. The van der Waals surface area contributed by atoms with Crippen molar-refractivity contribution in [2.45, 2.75) is 31.9 Å². The van der Waals surface area contributed by atoms with Crippen molar-refractivity contribution in [2.75, 3.05) is 12.3 Å². The fourth-order valence-corrected chi connectivity index (χ4v) is 2.72. The molecule has 2 N–H and O–H groups in total. The zero-order valence-corrected chi connectivity index (χ0v) is 11.9. The lowest BCUT2D eigenvalue weighted by atomic mass is 9.89. The van der Waals surface area contributed by atoms with Crippen molar-refractivity contribution in [1.29, 1.82) is 0 Å². The van der Waals surface area contributed by atoms with Crippen LogP contribution < -0.4 is 5.73 Å². The van der Waals surface area contributed by atoms with Crippen LogP contribution in [0.2, 0.25) is 5.02 Å². The van der Waals surface area contributed by atoms with E-state index < -0.39 is 0 Å². The number of nitrogen functional groups attached to an aromatic ring is 1. The van der Waals surface area contributed by atoms with Crippen LogP contribution in [0, 0.1) is 0 Å². The summed E-state index contributed by atoms with van der Waals surface area (Å²) < 4.78 is 7.40. The number of rotatable bonds is 4. The summed E-state index contributed by atoms with van der Waals surface area (Å²) >= 11 is 6.03. The van der Waals surface area contributed by atoms with Crippen LogP contribution in [0.15, 0.2) is 18.2 Å². The van der Waals surface area contributed by atoms with Gasteiger partial charge in [0.05, 0.1) is 12.1 Å². The minimum Gasteiger partial charge on any atom is -0.399 e. The highest BCUT2D eigenvalue weighted by Gasteiger charge is 2.33. The van der Waals surface area contributed by atoms with Gasteiger partial charge in [-0.15, -0.1) is 5.10 Å². The first-order valence-corrected chi connectivity index (χ1v) is 7.01. The minimum absolute atomic E-state index is 0.275. The van der Waals surface area contributed by atoms with Gasteiger partial charge in [-0.25, -0.2) is 4.68 Å². The fraction of sp³-hybridized carbons (Fsp3) is 0.462. The molecule has 1 saturated carbocycles. The Morgan fingerprint density at radius 1 is 1.40 bits per heavy atom. The van der Waals surface area contributed by atoms with Gasteiger partial charge in [-0.3, -0.25) is 0 Å². The van der Waals surface area contributed by atoms with Gasteiger partial charge in [0.25, 0.3) is 0 Å². The lowest BCUT2D eigenvalue weighted by molar-refractivity contribution is -0.0227. The standard InChI is InChI=1S/C13H16ClN5O/c1-2-20-12-6-11(7-12)19-13(16-17-18-19)8-3-9(14)5-10(15)4-8/h3-5,11-12H,2,6-7,15H2,1H3. The molecule has 2 aromatic rings. The van der Waals surface area contributed by atoms with Gasteiger partial charge in [0, 0.05) is 22.9 Å². The molecule has 6 nitrogen and oxygen atoms in total. The van der Waals surface area contributed by atoms with Crippen molar-refractivity contribution in [3.8, 4) is 11.4 Å². The molecule has 3 rings (SSSR count). The Labute approximate surface area is 121 Å². The van der Waals surface area contributed by atoms with Crippen LogP contribution in [-0.4, -0.2) is 32.9 Å². The molecule has 0 unspecified atom stereocenters. The second-order valence-corrected chi connectivity index (χ2v) is 5.36. The van der Waals surface area contributed by atoms with Crippen LogP contribution in [0.4, 0.5) is 5.69 Å². The number of tetrazole rings is 1. The van der Waals surface area contributed by atoms with E-state index in [1.807, 2.05) is 23.7 Å². The molecule has 0 saturated heterocycles. The first-order valence-electron chi connectivity index (χ1n) is 6.63. The maximum absolute atomic E-state index is 6.03. The first kappa shape index (κ1) is 13.3. The second kappa shape index (κ2) is 5.38. The number of anilines is 1. The molecule has 106 valence electrons. The number of benzene rings is 1. The van der Waals surface area contributed by atoms with Crippen molar-refractivity contribution in [3.63, 3.8) is 0 Å².